The highest BCUT2D eigenvalue weighted by atomic mass is 19.4. The third kappa shape index (κ3) is 4.50. The fraction of sp³-hybridized carbons (Fsp3) is 0.474. The lowest BCUT2D eigenvalue weighted by Crippen LogP contribution is -2.42. The number of alkyl halides is 3. The van der Waals surface area contributed by atoms with Crippen molar-refractivity contribution in [1.29, 1.82) is 0 Å². The Hall–Kier alpha value is -2.35. The maximum absolute atomic E-state index is 12.9. The summed E-state index contributed by atoms with van der Waals surface area (Å²) in [6, 6.07) is 5.41. The number of phenols is 1. The van der Waals surface area contributed by atoms with E-state index in [2.05, 4.69) is 27.3 Å². The standard InChI is InChI=1S/C19H23F3N4O/c1-3-26-8-4-5-14(11-26)23-17-7-6-15(24-25-17)18-12(2)9-13(10-16(18)27)19(20,21)22/h6-7,9-10,14,27H,3-5,8,11H2,1-2H3,(H,23,25). The second kappa shape index (κ2) is 7.72. The fourth-order valence-electron chi connectivity index (χ4n) is 3.48. The van der Waals surface area contributed by atoms with Crippen molar-refractivity contribution >= 4 is 5.82 Å². The van der Waals surface area contributed by atoms with Gasteiger partial charge in [-0.25, -0.2) is 0 Å². The summed E-state index contributed by atoms with van der Waals surface area (Å²) in [6.45, 7) is 6.70. The van der Waals surface area contributed by atoms with E-state index in [0.29, 0.717) is 23.1 Å². The Bertz CT molecular complexity index is 770. The number of piperidine rings is 1. The molecule has 1 saturated heterocycles. The molecule has 1 fully saturated rings. The molecule has 1 aliphatic heterocycles. The largest absolute Gasteiger partial charge is 0.507 e. The zero-order valence-corrected chi connectivity index (χ0v) is 15.3. The zero-order chi connectivity index (χ0) is 19.6. The Morgan fingerprint density at radius 3 is 2.63 bits per heavy atom. The van der Waals surface area contributed by atoms with Crippen LogP contribution in [0, 0.1) is 6.92 Å². The van der Waals surface area contributed by atoms with Crippen LogP contribution in [-0.4, -0.2) is 45.9 Å². The van der Waals surface area contributed by atoms with Gasteiger partial charge < -0.3 is 15.3 Å². The minimum atomic E-state index is -4.51. The van der Waals surface area contributed by atoms with Gasteiger partial charge in [-0.05, 0) is 62.7 Å². The van der Waals surface area contributed by atoms with Crippen molar-refractivity contribution in [3.63, 3.8) is 0 Å². The van der Waals surface area contributed by atoms with Gasteiger partial charge in [0.15, 0.2) is 0 Å². The number of likely N-dealkylation sites (tertiary alicyclic amines) is 1. The molecule has 0 bridgehead atoms. The number of nitrogens with zero attached hydrogens (tertiary/aromatic N) is 3. The lowest BCUT2D eigenvalue weighted by Gasteiger charge is -2.32. The minimum absolute atomic E-state index is 0.261. The van der Waals surface area contributed by atoms with Crippen LogP contribution in [0.25, 0.3) is 11.3 Å². The Morgan fingerprint density at radius 2 is 2.04 bits per heavy atom. The maximum atomic E-state index is 12.9. The Labute approximate surface area is 156 Å². The molecule has 0 amide bonds. The van der Waals surface area contributed by atoms with Crippen LogP contribution in [0.15, 0.2) is 24.3 Å². The average Bonchev–Trinajstić information content (AvgIpc) is 2.62. The highest BCUT2D eigenvalue weighted by Crippen LogP contribution is 2.38. The third-order valence-electron chi connectivity index (χ3n) is 4.87. The molecular formula is C19H23F3N4O. The normalized spacial score (nSPS) is 18.5. The first-order valence-corrected chi connectivity index (χ1v) is 9.01. The van der Waals surface area contributed by atoms with Gasteiger partial charge in [-0.2, -0.15) is 13.2 Å². The monoisotopic (exact) mass is 380 g/mol. The Kier molecular flexibility index (Phi) is 5.55. The van der Waals surface area contributed by atoms with Gasteiger partial charge in [0.05, 0.1) is 11.3 Å². The number of likely N-dealkylation sites (N-methyl/N-ethyl adjacent to an activating group) is 1. The zero-order valence-electron chi connectivity index (χ0n) is 15.3. The number of aryl methyl sites for hydroxylation is 1. The quantitative estimate of drug-likeness (QED) is 0.837. The van der Waals surface area contributed by atoms with Crippen LogP contribution in [0.3, 0.4) is 0 Å². The predicted molar refractivity (Wildman–Crippen MR) is 97.6 cm³/mol. The lowest BCUT2D eigenvalue weighted by molar-refractivity contribution is -0.137. The van der Waals surface area contributed by atoms with Crippen LogP contribution in [0.4, 0.5) is 19.0 Å². The first-order valence-electron chi connectivity index (χ1n) is 9.01. The maximum Gasteiger partial charge on any atom is 0.416 e. The number of benzene rings is 1. The Balaban J connectivity index is 1.78. The van der Waals surface area contributed by atoms with E-state index in [4.69, 9.17) is 0 Å². The van der Waals surface area contributed by atoms with Crippen LogP contribution in [0.2, 0.25) is 0 Å². The van der Waals surface area contributed by atoms with Crippen molar-refractivity contribution in [2.24, 2.45) is 0 Å². The summed E-state index contributed by atoms with van der Waals surface area (Å²) in [6.07, 6.45) is -2.33. The molecule has 1 aromatic heterocycles. The van der Waals surface area contributed by atoms with E-state index in [1.54, 1.807) is 12.1 Å². The molecule has 8 heteroatoms. The molecule has 2 aromatic rings. The molecule has 146 valence electrons. The second-order valence-electron chi connectivity index (χ2n) is 6.87. The van der Waals surface area contributed by atoms with Crippen LogP contribution in [0.5, 0.6) is 5.75 Å². The van der Waals surface area contributed by atoms with Crippen LogP contribution >= 0.6 is 0 Å². The fourth-order valence-corrected chi connectivity index (χ4v) is 3.48. The number of halogens is 3. The van der Waals surface area contributed by atoms with E-state index in [9.17, 15) is 18.3 Å². The number of hydrogen-bond acceptors (Lipinski definition) is 5. The molecule has 1 unspecified atom stereocenters. The number of aromatic nitrogens is 2. The van der Waals surface area contributed by atoms with Gasteiger partial charge in [0, 0.05) is 18.2 Å². The number of anilines is 1. The van der Waals surface area contributed by atoms with Gasteiger partial charge in [-0.1, -0.05) is 6.92 Å². The summed E-state index contributed by atoms with van der Waals surface area (Å²) in [5, 5.41) is 21.7. The molecule has 0 aliphatic carbocycles. The molecule has 1 aliphatic rings. The van der Waals surface area contributed by atoms with Crippen molar-refractivity contribution in [2.75, 3.05) is 25.0 Å². The van der Waals surface area contributed by atoms with Gasteiger partial charge >= 0.3 is 6.18 Å². The van der Waals surface area contributed by atoms with E-state index in [-0.39, 0.29) is 5.56 Å². The van der Waals surface area contributed by atoms with E-state index in [1.165, 1.54) is 6.92 Å². The van der Waals surface area contributed by atoms with Crippen molar-refractivity contribution in [3.05, 3.63) is 35.4 Å². The lowest BCUT2D eigenvalue weighted by atomic mass is 10.0. The number of hydrogen-bond donors (Lipinski definition) is 2. The highest BCUT2D eigenvalue weighted by molar-refractivity contribution is 5.71. The van der Waals surface area contributed by atoms with E-state index in [0.717, 1.165) is 44.6 Å². The van der Waals surface area contributed by atoms with Gasteiger partial charge in [0.2, 0.25) is 0 Å². The Morgan fingerprint density at radius 1 is 1.26 bits per heavy atom. The number of aromatic hydroxyl groups is 1. The average molecular weight is 380 g/mol. The summed E-state index contributed by atoms with van der Waals surface area (Å²) in [5.41, 5.74) is 0.00783. The highest BCUT2D eigenvalue weighted by Gasteiger charge is 2.32. The predicted octanol–water partition coefficient (Wildman–Crippen LogP) is 4.07. The summed E-state index contributed by atoms with van der Waals surface area (Å²) >= 11 is 0. The first-order chi connectivity index (χ1) is 12.8. The van der Waals surface area contributed by atoms with Crippen molar-refractivity contribution in [2.45, 2.75) is 38.9 Å². The number of phenolic OH excluding ortho intramolecular Hbond substituents is 1. The molecule has 27 heavy (non-hydrogen) atoms. The van der Waals surface area contributed by atoms with E-state index in [1.807, 2.05) is 0 Å². The molecule has 2 N–H and O–H groups in total. The molecule has 2 heterocycles. The first kappa shape index (κ1) is 19.4. The molecule has 0 spiro atoms. The molecule has 1 aromatic carbocycles. The molecular weight excluding hydrogens is 357 g/mol. The molecule has 0 saturated carbocycles. The topological polar surface area (TPSA) is 61.3 Å². The van der Waals surface area contributed by atoms with Crippen molar-refractivity contribution in [3.8, 4) is 17.0 Å². The van der Waals surface area contributed by atoms with E-state index >= 15 is 0 Å². The summed E-state index contributed by atoms with van der Waals surface area (Å²) in [5.74, 6) is 0.161. The van der Waals surface area contributed by atoms with Crippen LogP contribution in [-0.2, 0) is 6.18 Å². The van der Waals surface area contributed by atoms with Crippen molar-refractivity contribution < 1.29 is 18.3 Å². The third-order valence-corrected chi connectivity index (χ3v) is 4.87. The van der Waals surface area contributed by atoms with Gasteiger partial charge in [-0.3, -0.25) is 0 Å². The summed E-state index contributed by atoms with van der Waals surface area (Å²) < 4.78 is 38.6. The molecule has 5 nitrogen and oxygen atoms in total. The molecule has 1 atom stereocenters. The number of rotatable bonds is 4. The smallest absolute Gasteiger partial charge is 0.416 e. The van der Waals surface area contributed by atoms with Crippen LogP contribution in [0.1, 0.15) is 30.9 Å². The summed E-state index contributed by atoms with van der Waals surface area (Å²) in [4.78, 5) is 2.37. The minimum Gasteiger partial charge on any atom is -0.507 e. The van der Waals surface area contributed by atoms with Gasteiger partial charge in [-0.15, -0.1) is 10.2 Å². The molecule has 0 radical (unpaired) electrons. The van der Waals surface area contributed by atoms with Gasteiger partial charge in [0.1, 0.15) is 11.6 Å². The molecule has 3 rings (SSSR count). The van der Waals surface area contributed by atoms with E-state index < -0.39 is 17.5 Å². The SMILES string of the molecule is CCN1CCCC(Nc2ccc(-c3c(C)cc(C(F)(F)F)cc3O)nn2)C1. The number of nitrogens with one attached hydrogen (secondary N) is 1. The second-order valence-corrected chi connectivity index (χ2v) is 6.87. The summed E-state index contributed by atoms with van der Waals surface area (Å²) in [7, 11) is 0. The van der Waals surface area contributed by atoms with Crippen LogP contribution < -0.4 is 5.32 Å². The van der Waals surface area contributed by atoms with Crippen molar-refractivity contribution in [1.82, 2.24) is 15.1 Å². The van der Waals surface area contributed by atoms with Gasteiger partial charge in [0.25, 0.3) is 0 Å².